The number of ketones is 1. The molecule has 1 atom stereocenters. The lowest BCUT2D eigenvalue weighted by atomic mass is 9.92. The van der Waals surface area contributed by atoms with E-state index in [0.717, 1.165) is 5.56 Å². The summed E-state index contributed by atoms with van der Waals surface area (Å²) in [5.74, 6) is -1.27. The Hall–Kier alpha value is -2.66. The fourth-order valence-electron chi connectivity index (χ4n) is 3.22. The van der Waals surface area contributed by atoms with E-state index in [-0.39, 0.29) is 23.7 Å². The number of hydrogen-bond donors (Lipinski definition) is 1. The predicted octanol–water partition coefficient (Wildman–Crippen LogP) is 4.56. The summed E-state index contributed by atoms with van der Waals surface area (Å²) in [5.41, 5.74) is 2.15. The van der Waals surface area contributed by atoms with Crippen LogP contribution in [0.1, 0.15) is 37.4 Å². The highest BCUT2D eigenvalue weighted by Crippen LogP contribution is 2.42. The molecule has 1 aliphatic heterocycles. The first-order valence-corrected chi connectivity index (χ1v) is 9.15. The number of aryl methyl sites for hydroxylation is 1. The predicted molar refractivity (Wildman–Crippen MR) is 105 cm³/mol. The van der Waals surface area contributed by atoms with Crippen molar-refractivity contribution in [2.24, 2.45) is 5.92 Å². The molecule has 1 amide bonds. The second kappa shape index (κ2) is 7.53. The zero-order valence-corrected chi connectivity index (χ0v) is 16.2. The highest BCUT2D eigenvalue weighted by atomic mass is 35.5. The van der Waals surface area contributed by atoms with Gasteiger partial charge in [0.1, 0.15) is 0 Å². The van der Waals surface area contributed by atoms with E-state index in [4.69, 9.17) is 11.6 Å². The molecule has 0 radical (unpaired) electrons. The molecule has 0 aliphatic carbocycles. The van der Waals surface area contributed by atoms with Crippen molar-refractivity contribution < 1.29 is 14.7 Å². The number of Topliss-reactive ketones (excluding diaryl/α,β-unsaturated/α-hetero) is 1. The van der Waals surface area contributed by atoms with Crippen LogP contribution in [0, 0.1) is 12.8 Å². The average molecular weight is 385 g/mol. The Labute approximate surface area is 163 Å². The number of amides is 1. The fourth-order valence-corrected chi connectivity index (χ4v) is 3.40. The zero-order chi connectivity index (χ0) is 19.7. The van der Waals surface area contributed by atoms with E-state index in [1.165, 1.54) is 4.90 Å². The van der Waals surface area contributed by atoms with Crippen LogP contribution in [0.2, 0.25) is 5.02 Å². The summed E-state index contributed by atoms with van der Waals surface area (Å²) in [6.45, 7) is 5.70. The highest BCUT2D eigenvalue weighted by Gasteiger charge is 2.44. The minimum atomic E-state index is -0.740. The maximum absolute atomic E-state index is 12.9. The molecule has 0 spiro atoms. The van der Waals surface area contributed by atoms with E-state index in [1.54, 1.807) is 42.7 Å². The second-order valence-electron chi connectivity index (χ2n) is 7.08. The smallest absolute Gasteiger partial charge is 0.294 e. The molecule has 1 aliphatic rings. The van der Waals surface area contributed by atoms with E-state index < -0.39 is 17.7 Å². The van der Waals surface area contributed by atoms with Crippen molar-refractivity contribution in [1.29, 1.82) is 0 Å². The monoisotopic (exact) mass is 384 g/mol. The third kappa shape index (κ3) is 3.60. The number of benzene rings is 1. The molecule has 1 unspecified atom stereocenters. The summed E-state index contributed by atoms with van der Waals surface area (Å²) in [6, 6.07) is 8.01. The molecule has 2 aromatic rings. The topological polar surface area (TPSA) is 70.5 Å². The summed E-state index contributed by atoms with van der Waals surface area (Å²) < 4.78 is 0. The Morgan fingerprint density at radius 1 is 1.33 bits per heavy atom. The van der Waals surface area contributed by atoms with Crippen LogP contribution in [0.3, 0.4) is 0 Å². The van der Waals surface area contributed by atoms with Crippen molar-refractivity contribution in [3.05, 3.63) is 70.2 Å². The number of anilines is 1. The SMILES string of the molecule is Cc1ccc(N2C(=O)C(O)=C(C(=O)CC(C)C)C2c2cccnc2)cc1Cl. The van der Waals surface area contributed by atoms with Crippen LogP contribution < -0.4 is 4.90 Å². The minimum absolute atomic E-state index is 0.102. The van der Waals surface area contributed by atoms with Gasteiger partial charge in [-0.1, -0.05) is 37.6 Å². The van der Waals surface area contributed by atoms with Crippen molar-refractivity contribution in [1.82, 2.24) is 4.98 Å². The van der Waals surface area contributed by atoms with Crippen LogP contribution in [0.4, 0.5) is 5.69 Å². The molecular formula is C21H21ClN2O3. The molecule has 5 nitrogen and oxygen atoms in total. The molecule has 1 aromatic carbocycles. The number of carbonyl (C=O) groups is 2. The standard InChI is InChI=1S/C21H21ClN2O3/c1-12(2)9-17(25)18-19(14-5-4-8-23-11-14)24(21(27)20(18)26)15-7-6-13(3)16(22)10-15/h4-8,10-12,19,26H,9H2,1-3H3. The van der Waals surface area contributed by atoms with Crippen LogP contribution in [-0.2, 0) is 9.59 Å². The summed E-state index contributed by atoms with van der Waals surface area (Å²) in [4.78, 5) is 31.3. The van der Waals surface area contributed by atoms with Crippen LogP contribution >= 0.6 is 11.6 Å². The summed E-state index contributed by atoms with van der Waals surface area (Å²) >= 11 is 6.24. The van der Waals surface area contributed by atoms with Gasteiger partial charge < -0.3 is 5.11 Å². The summed E-state index contributed by atoms with van der Waals surface area (Å²) in [6.07, 6.45) is 3.46. The van der Waals surface area contributed by atoms with Crippen LogP contribution in [0.15, 0.2) is 54.1 Å². The lowest BCUT2D eigenvalue weighted by Gasteiger charge is -2.27. The quantitative estimate of drug-likeness (QED) is 0.820. The Bertz CT molecular complexity index is 922. The second-order valence-corrected chi connectivity index (χ2v) is 7.49. The number of nitrogens with zero attached hydrogens (tertiary/aromatic N) is 2. The largest absolute Gasteiger partial charge is 0.503 e. The molecular weight excluding hydrogens is 364 g/mol. The third-order valence-electron chi connectivity index (χ3n) is 4.54. The fraction of sp³-hybridized carbons (Fsp3) is 0.286. The van der Waals surface area contributed by atoms with Gasteiger partial charge in [-0.05, 0) is 42.2 Å². The van der Waals surface area contributed by atoms with Crippen molar-refractivity contribution in [3.8, 4) is 0 Å². The van der Waals surface area contributed by atoms with E-state index in [2.05, 4.69) is 4.98 Å². The molecule has 0 fully saturated rings. The number of aromatic nitrogens is 1. The first kappa shape index (κ1) is 19.1. The number of pyridine rings is 1. The number of rotatable bonds is 5. The first-order chi connectivity index (χ1) is 12.8. The van der Waals surface area contributed by atoms with Gasteiger partial charge >= 0.3 is 0 Å². The Kier molecular flexibility index (Phi) is 5.33. The van der Waals surface area contributed by atoms with E-state index in [1.807, 2.05) is 20.8 Å². The van der Waals surface area contributed by atoms with Crippen molar-refractivity contribution in [3.63, 3.8) is 0 Å². The Morgan fingerprint density at radius 3 is 2.67 bits per heavy atom. The third-order valence-corrected chi connectivity index (χ3v) is 4.94. The van der Waals surface area contributed by atoms with Crippen LogP contribution in [0.25, 0.3) is 0 Å². The van der Waals surface area contributed by atoms with Gasteiger partial charge in [-0.25, -0.2) is 0 Å². The number of halogens is 1. The zero-order valence-electron chi connectivity index (χ0n) is 15.4. The highest BCUT2D eigenvalue weighted by molar-refractivity contribution is 6.31. The minimum Gasteiger partial charge on any atom is -0.503 e. The lowest BCUT2D eigenvalue weighted by Crippen LogP contribution is -2.31. The summed E-state index contributed by atoms with van der Waals surface area (Å²) in [5, 5.41) is 11.0. The lowest BCUT2D eigenvalue weighted by molar-refractivity contribution is -0.118. The van der Waals surface area contributed by atoms with E-state index in [9.17, 15) is 14.7 Å². The van der Waals surface area contributed by atoms with Gasteiger partial charge in [-0.2, -0.15) is 0 Å². The van der Waals surface area contributed by atoms with Gasteiger partial charge in [0.2, 0.25) is 0 Å². The van der Waals surface area contributed by atoms with Gasteiger partial charge in [-0.15, -0.1) is 0 Å². The number of aliphatic hydroxyl groups excluding tert-OH is 1. The number of hydrogen-bond acceptors (Lipinski definition) is 4. The molecule has 0 saturated heterocycles. The maximum atomic E-state index is 12.9. The van der Waals surface area contributed by atoms with Crippen molar-refractivity contribution in [2.45, 2.75) is 33.2 Å². The first-order valence-electron chi connectivity index (χ1n) is 8.77. The maximum Gasteiger partial charge on any atom is 0.294 e. The van der Waals surface area contributed by atoms with Crippen molar-refractivity contribution >= 4 is 29.0 Å². The van der Waals surface area contributed by atoms with E-state index in [0.29, 0.717) is 16.3 Å². The molecule has 140 valence electrons. The van der Waals surface area contributed by atoms with Gasteiger partial charge in [0.25, 0.3) is 5.91 Å². The van der Waals surface area contributed by atoms with Crippen molar-refractivity contribution in [2.75, 3.05) is 4.90 Å². The molecule has 0 bridgehead atoms. The van der Waals surface area contributed by atoms with Crippen LogP contribution in [-0.4, -0.2) is 21.8 Å². The molecule has 3 rings (SSSR count). The average Bonchev–Trinajstić information content (AvgIpc) is 2.89. The Balaban J connectivity index is 2.14. The number of carbonyl (C=O) groups excluding carboxylic acids is 2. The van der Waals surface area contributed by atoms with Gasteiger partial charge in [0.15, 0.2) is 11.5 Å². The molecule has 1 N–H and O–H groups in total. The molecule has 2 heterocycles. The molecule has 6 heteroatoms. The van der Waals surface area contributed by atoms with Crippen LogP contribution in [0.5, 0.6) is 0 Å². The Morgan fingerprint density at radius 2 is 2.07 bits per heavy atom. The number of aliphatic hydroxyl groups is 1. The molecule has 27 heavy (non-hydrogen) atoms. The van der Waals surface area contributed by atoms with Gasteiger partial charge in [-0.3, -0.25) is 19.5 Å². The van der Waals surface area contributed by atoms with E-state index >= 15 is 0 Å². The molecule has 0 saturated carbocycles. The summed E-state index contributed by atoms with van der Waals surface area (Å²) in [7, 11) is 0. The normalized spacial score (nSPS) is 17.1. The van der Waals surface area contributed by atoms with Gasteiger partial charge in [0, 0.05) is 29.5 Å². The van der Waals surface area contributed by atoms with Gasteiger partial charge in [0.05, 0.1) is 11.6 Å². The molecule has 1 aromatic heterocycles.